The molecule has 0 heterocycles. The monoisotopic (exact) mass is 1290 g/mol. The molecule has 0 atom stereocenters. The van der Waals surface area contributed by atoms with E-state index in [4.69, 9.17) is 0 Å². The van der Waals surface area contributed by atoms with Crippen LogP contribution in [0.15, 0.2) is 0 Å². The van der Waals surface area contributed by atoms with Gasteiger partial charge in [-0.2, -0.15) is 215 Å². The fourth-order valence-electron chi connectivity index (χ4n) is 4.30. The van der Waals surface area contributed by atoms with Gasteiger partial charge in [-0.25, -0.2) is 4.39 Å². The van der Waals surface area contributed by atoms with Crippen LogP contribution >= 0.6 is 0 Å². The van der Waals surface area contributed by atoms with E-state index in [9.17, 15) is 180 Å². The summed E-state index contributed by atoms with van der Waals surface area (Å²) in [6.07, 6.45) is -76.5. The van der Waals surface area contributed by atoms with Gasteiger partial charge >= 0.3 is 144 Å². The van der Waals surface area contributed by atoms with Gasteiger partial charge in [0.25, 0.3) is 0 Å². The first kappa shape index (κ1) is 73.4. The van der Waals surface area contributed by atoms with E-state index in [0.29, 0.717) is 0 Å². The van der Waals surface area contributed by atoms with E-state index < -0.39 is 144 Å². The summed E-state index contributed by atoms with van der Waals surface area (Å²) in [5.74, 6) is -166. The van der Waals surface area contributed by atoms with Crippen LogP contribution in [0.2, 0.25) is 0 Å². The molecule has 0 aromatic rings. The number of hydrogen-bond donors (Lipinski definition) is 0. The Labute approximate surface area is 379 Å². The van der Waals surface area contributed by atoms with E-state index in [-0.39, 0.29) is 14.2 Å². The third-order valence-electron chi connectivity index (χ3n) is 8.51. The predicted octanol–water partition coefficient (Wildman–Crippen LogP) is 15.9. The average Bonchev–Trinajstić information content (AvgIpc) is 3.13. The lowest BCUT2D eigenvalue weighted by atomic mass is 9.75. The molecule has 0 aliphatic heterocycles. The maximum absolute atomic E-state index is 16.7. The van der Waals surface area contributed by atoms with E-state index in [1.54, 1.807) is 0 Å². The molecule has 0 aliphatic carbocycles. The zero-order chi connectivity index (χ0) is 64.1. The van der Waals surface area contributed by atoms with Crippen LogP contribution < -0.4 is 0 Å². The second-order valence-corrected chi connectivity index (χ2v) is 13.6. The molecule has 0 amide bonds. The van der Waals surface area contributed by atoms with E-state index in [2.05, 4.69) is 0 Å². The Morgan fingerprint density at radius 2 is 0.247 bits per heavy atom. The maximum Gasteiger partial charge on any atom is 0.483 e. The summed E-state index contributed by atoms with van der Waals surface area (Å²) in [5, 5.41) is 0. The molecule has 0 unspecified atom stereocenters. The van der Waals surface area contributed by atoms with Crippen LogP contribution in [0.25, 0.3) is 0 Å². The highest BCUT2D eigenvalue weighted by molar-refractivity contribution is 5.27. The van der Waals surface area contributed by atoms with E-state index in [1.165, 1.54) is 0 Å². The van der Waals surface area contributed by atoms with Crippen LogP contribution in [0.3, 0.4) is 0 Å². The quantitative estimate of drug-likeness (QED) is 0.0847. The van der Waals surface area contributed by atoms with Crippen LogP contribution in [0.1, 0.15) is 0 Å². The van der Waals surface area contributed by atoms with Gasteiger partial charge in [-0.05, 0) is 0 Å². The standard InChI is InChI=1S/C24F50O3/c25-1(2(26,27)4(30,31)6(34,35)8(38,39)10(42,43)12(46,47)14(50,51)16(54,55)56,3(28,29)5(32,33)7(36,37)9(40,41)11(44,45)13(48,49)15(52,53)17(57,58)59)24(75-21(69,70)18(60,61)62,76-22(71,72)19(63,64)65)77-23(73,74)20(66,67)68. The molecule has 0 saturated heterocycles. The van der Waals surface area contributed by atoms with Crippen LogP contribution in [0.4, 0.5) is 220 Å². The van der Waals surface area contributed by atoms with E-state index in [1.807, 2.05) is 0 Å². The molecule has 0 fully saturated rings. The van der Waals surface area contributed by atoms with Crippen LogP contribution in [0.5, 0.6) is 0 Å². The first-order valence-electron chi connectivity index (χ1n) is 15.7. The SMILES string of the molecule is FC(F)(F)C(F)(F)OC(OC(F)(F)C(F)(F)F)(OC(F)(F)C(F)(F)F)C(F)(C(F)(F)C(F)(F)C(F)(F)C(F)(F)C(F)(F)C(F)(F)C(F)(F)C(F)(F)F)C(F)(F)C(F)(F)C(F)(F)C(F)(F)C(F)(F)C(F)(F)C(F)(F)C(F)(F)F. The minimum Gasteiger partial charge on any atom is -0.252 e. The van der Waals surface area contributed by atoms with E-state index in [0.717, 1.165) is 0 Å². The van der Waals surface area contributed by atoms with Crippen molar-refractivity contribution >= 4 is 0 Å². The molecule has 0 bridgehead atoms. The summed E-state index contributed by atoms with van der Waals surface area (Å²) < 4.78 is 696. The Bertz CT molecular complexity index is 1920. The Hall–Kier alpha value is -3.62. The van der Waals surface area contributed by atoms with Gasteiger partial charge in [-0.1, -0.05) is 0 Å². The normalized spacial score (nSPS) is 17.4. The topological polar surface area (TPSA) is 27.7 Å². The molecule has 3 nitrogen and oxygen atoms in total. The van der Waals surface area contributed by atoms with Crippen LogP contribution in [-0.4, -0.2) is 144 Å². The molecule has 0 saturated carbocycles. The molecule has 464 valence electrons. The second-order valence-electron chi connectivity index (χ2n) is 13.6. The zero-order valence-corrected chi connectivity index (χ0v) is 32.1. The van der Waals surface area contributed by atoms with Crippen molar-refractivity contribution in [2.24, 2.45) is 0 Å². The van der Waals surface area contributed by atoms with Gasteiger partial charge < -0.3 is 0 Å². The van der Waals surface area contributed by atoms with Crippen molar-refractivity contribution in [3.05, 3.63) is 0 Å². The van der Waals surface area contributed by atoms with Gasteiger partial charge in [0.15, 0.2) is 0 Å². The largest absolute Gasteiger partial charge is 0.483 e. The summed E-state index contributed by atoms with van der Waals surface area (Å²) in [6.45, 7) is 0. The van der Waals surface area contributed by atoms with Gasteiger partial charge in [0.2, 0.25) is 0 Å². The Balaban J connectivity index is 10.7. The van der Waals surface area contributed by atoms with Crippen molar-refractivity contribution in [2.75, 3.05) is 0 Å². The van der Waals surface area contributed by atoms with Crippen molar-refractivity contribution in [3.8, 4) is 0 Å². The highest BCUT2D eigenvalue weighted by atomic mass is 19.5. The molecular weight excluding hydrogens is 1290 g/mol. The van der Waals surface area contributed by atoms with Crippen molar-refractivity contribution in [3.63, 3.8) is 0 Å². The highest BCUT2D eigenvalue weighted by Gasteiger charge is 3.06. The third-order valence-corrected chi connectivity index (χ3v) is 8.51. The molecule has 0 rings (SSSR count). The van der Waals surface area contributed by atoms with Crippen LogP contribution in [-0.2, 0) is 14.2 Å². The molecule has 0 radical (unpaired) electrons. The molecule has 77 heavy (non-hydrogen) atoms. The van der Waals surface area contributed by atoms with Crippen molar-refractivity contribution < 1.29 is 234 Å². The first-order valence-corrected chi connectivity index (χ1v) is 15.7. The predicted molar refractivity (Wildman–Crippen MR) is 124 cm³/mol. The minimum atomic E-state index is -12.7. The molecule has 0 aliphatic rings. The molecule has 0 aromatic heterocycles. The smallest absolute Gasteiger partial charge is 0.252 e. The second kappa shape index (κ2) is 17.9. The first-order chi connectivity index (χ1) is 32.1. The Morgan fingerprint density at radius 3 is 0.364 bits per heavy atom. The molecular formula is C24F50O3. The number of alkyl halides is 50. The van der Waals surface area contributed by atoms with Crippen molar-refractivity contribution in [2.45, 2.75) is 144 Å². The fraction of sp³-hybridized carbons (Fsp3) is 1.00. The number of rotatable bonds is 21. The van der Waals surface area contributed by atoms with Gasteiger partial charge in [0.05, 0.1) is 0 Å². The van der Waals surface area contributed by atoms with Gasteiger partial charge in [0, 0.05) is 0 Å². The van der Waals surface area contributed by atoms with E-state index >= 15 is 39.5 Å². The third kappa shape index (κ3) is 9.49. The number of hydrogen-bond acceptors (Lipinski definition) is 3. The Kier molecular flexibility index (Phi) is 17.1. The molecule has 0 N–H and O–H groups in total. The summed E-state index contributed by atoms with van der Waals surface area (Å²) >= 11 is 0. The lowest BCUT2D eigenvalue weighted by molar-refractivity contribution is -0.635. The van der Waals surface area contributed by atoms with Crippen LogP contribution in [0, 0.1) is 0 Å². The lowest BCUT2D eigenvalue weighted by Crippen LogP contribution is -2.87. The zero-order valence-electron chi connectivity index (χ0n) is 32.1. The minimum absolute atomic E-state index is 0.270. The fourth-order valence-corrected chi connectivity index (χ4v) is 4.30. The molecule has 53 heteroatoms. The van der Waals surface area contributed by atoms with Gasteiger partial charge in [0.1, 0.15) is 0 Å². The number of ether oxygens (including phenoxy) is 3. The van der Waals surface area contributed by atoms with Gasteiger partial charge in [-0.3, -0.25) is 14.2 Å². The number of halogens is 50. The van der Waals surface area contributed by atoms with Crippen molar-refractivity contribution in [1.29, 1.82) is 0 Å². The molecule has 0 aromatic carbocycles. The summed E-state index contributed by atoms with van der Waals surface area (Å²) in [6, 6.07) is 0. The summed E-state index contributed by atoms with van der Waals surface area (Å²) in [7, 11) is 0. The molecule has 0 spiro atoms. The highest BCUT2D eigenvalue weighted by Crippen LogP contribution is 2.73. The summed E-state index contributed by atoms with van der Waals surface area (Å²) in [4.78, 5) is 0. The lowest BCUT2D eigenvalue weighted by Gasteiger charge is -2.54. The Morgan fingerprint density at radius 1 is 0.130 bits per heavy atom. The maximum atomic E-state index is 16.7. The van der Waals surface area contributed by atoms with Gasteiger partial charge in [-0.15, -0.1) is 0 Å². The van der Waals surface area contributed by atoms with Crippen molar-refractivity contribution in [1.82, 2.24) is 0 Å². The average molecular weight is 1290 g/mol. The summed E-state index contributed by atoms with van der Waals surface area (Å²) in [5.41, 5.74) is -12.7.